The van der Waals surface area contributed by atoms with Crippen molar-refractivity contribution in [1.29, 1.82) is 0 Å². The van der Waals surface area contributed by atoms with E-state index < -0.39 is 16.0 Å². The lowest BCUT2D eigenvalue weighted by atomic mass is 10.2. The number of nitrogens with zero attached hydrogens (tertiary/aromatic N) is 2. The van der Waals surface area contributed by atoms with Crippen molar-refractivity contribution in [2.24, 2.45) is 0 Å². The van der Waals surface area contributed by atoms with E-state index in [2.05, 4.69) is 9.71 Å². The lowest BCUT2D eigenvalue weighted by molar-refractivity contribution is -0.125. The van der Waals surface area contributed by atoms with Crippen molar-refractivity contribution in [3.05, 3.63) is 35.5 Å². The highest BCUT2D eigenvalue weighted by molar-refractivity contribution is 7.93. The van der Waals surface area contributed by atoms with Crippen molar-refractivity contribution in [2.75, 3.05) is 29.4 Å². The molecule has 0 aliphatic carbocycles. The van der Waals surface area contributed by atoms with Gasteiger partial charge in [0.15, 0.2) is 5.69 Å². The van der Waals surface area contributed by atoms with E-state index in [4.69, 9.17) is 9.84 Å². The lowest BCUT2D eigenvalue weighted by Crippen LogP contribution is -2.41. The number of morpholine rings is 1. The van der Waals surface area contributed by atoms with Gasteiger partial charge in [0.05, 0.1) is 17.0 Å². The molecule has 0 saturated carbocycles. The number of nitrogens with one attached hydrogen (secondary N) is 1. The van der Waals surface area contributed by atoms with Gasteiger partial charge in [-0.25, -0.2) is 18.2 Å². The summed E-state index contributed by atoms with van der Waals surface area (Å²) in [6, 6.07) is 5.85. The van der Waals surface area contributed by atoms with Crippen LogP contribution in [0.4, 0.5) is 10.7 Å². The normalized spacial score (nSPS) is 15.2. The molecule has 2 aromatic rings. The summed E-state index contributed by atoms with van der Waals surface area (Å²) in [4.78, 5) is 27.9. The Hall–Kier alpha value is -2.50. The maximum absolute atomic E-state index is 12.5. The highest BCUT2D eigenvalue weighted by Gasteiger charge is 2.24. The molecular formula is C14H13N3O6S2. The Morgan fingerprint density at radius 1 is 1.40 bits per heavy atom. The van der Waals surface area contributed by atoms with Crippen molar-refractivity contribution in [1.82, 2.24) is 4.98 Å². The Morgan fingerprint density at radius 2 is 2.20 bits per heavy atom. The molecule has 1 aromatic heterocycles. The molecule has 1 fully saturated rings. The number of hydrogen-bond acceptors (Lipinski definition) is 7. The van der Waals surface area contributed by atoms with Crippen LogP contribution in [0.15, 0.2) is 34.7 Å². The van der Waals surface area contributed by atoms with Crippen molar-refractivity contribution >= 4 is 43.9 Å². The number of carboxylic acids is 1. The Kier molecular flexibility index (Phi) is 4.70. The van der Waals surface area contributed by atoms with E-state index in [0.717, 1.165) is 11.3 Å². The first-order chi connectivity index (χ1) is 11.9. The number of ether oxygens (including phenoxy) is 1. The molecule has 1 saturated heterocycles. The molecule has 25 heavy (non-hydrogen) atoms. The molecule has 132 valence electrons. The zero-order valence-electron chi connectivity index (χ0n) is 12.7. The topological polar surface area (TPSA) is 126 Å². The summed E-state index contributed by atoms with van der Waals surface area (Å²) in [5.74, 6) is -1.59. The van der Waals surface area contributed by atoms with Gasteiger partial charge in [-0.3, -0.25) is 9.52 Å². The van der Waals surface area contributed by atoms with Crippen molar-refractivity contribution in [2.45, 2.75) is 4.90 Å². The number of aromatic nitrogens is 1. The standard InChI is InChI=1S/C14H13N3O6S2/c18-11-7-23-5-4-17(11)9-2-1-3-10(6-9)25(21,22)16-13-12(14(19)20)15-8-24-13/h1-3,6,8,16H,4-5,7H2,(H,19,20). The minimum Gasteiger partial charge on any atom is -0.476 e. The molecule has 0 unspecified atom stereocenters. The minimum atomic E-state index is -4.03. The fourth-order valence-electron chi connectivity index (χ4n) is 2.26. The van der Waals surface area contributed by atoms with Crippen molar-refractivity contribution in [3.63, 3.8) is 0 Å². The molecule has 2 heterocycles. The van der Waals surface area contributed by atoms with E-state index in [1.54, 1.807) is 6.07 Å². The number of amides is 1. The summed E-state index contributed by atoms with van der Waals surface area (Å²) < 4.78 is 32.4. The number of hydrogen-bond donors (Lipinski definition) is 2. The van der Waals surface area contributed by atoms with Gasteiger partial charge in [0.1, 0.15) is 11.6 Å². The number of anilines is 2. The summed E-state index contributed by atoms with van der Waals surface area (Å²) in [6.45, 7) is 0.635. The summed E-state index contributed by atoms with van der Waals surface area (Å²) in [6.07, 6.45) is 0. The highest BCUT2D eigenvalue weighted by atomic mass is 32.2. The van der Waals surface area contributed by atoms with Crippen LogP contribution < -0.4 is 9.62 Å². The summed E-state index contributed by atoms with van der Waals surface area (Å²) in [7, 11) is -4.03. The zero-order chi connectivity index (χ0) is 18.0. The molecule has 0 bridgehead atoms. The molecule has 0 radical (unpaired) electrons. The Morgan fingerprint density at radius 3 is 2.92 bits per heavy atom. The molecule has 1 aromatic carbocycles. The Labute approximate surface area is 146 Å². The molecule has 1 aliphatic rings. The van der Waals surface area contributed by atoms with Gasteiger partial charge in [-0.05, 0) is 18.2 Å². The van der Waals surface area contributed by atoms with Crippen LogP contribution in [0.25, 0.3) is 0 Å². The second kappa shape index (κ2) is 6.78. The largest absolute Gasteiger partial charge is 0.476 e. The number of rotatable bonds is 5. The van der Waals surface area contributed by atoms with Gasteiger partial charge in [0.25, 0.3) is 15.9 Å². The Bertz CT molecular complexity index is 924. The number of carbonyl (C=O) groups is 2. The second-order valence-corrected chi connectivity index (χ2v) is 7.57. The van der Waals surface area contributed by atoms with Gasteiger partial charge >= 0.3 is 5.97 Å². The molecule has 9 nitrogen and oxygen atoms in total. The van der Waals surface area contributed by atoms with Crippen LogP contribution in [0.5, 0.6) is 0 Å². The third kappa shape index (κ3) is 3.62. The van der Waals surface area contributed by atoms with Crippen LogP contribution in [0.1, 0.15) is 10.5 Å². The average molecular weight is 383 g/mol. The third-order valence-electron chi connectivity index (χ3n) is 3.42. The van der Waals surface area contributed by atoms with E-state index in [1.807, 2.05) is 0 Å². The van der Waals surface area contributed by atoms with E-state index in [1.165, 1.54) is 28.6 Å². The first-order valence-electron chi connectivity index (χ1n) is 7.06. The van der Waals surface area contributed by atoms with E-state index in [0.29, 0.717) is 18.8 Å². The zero-order valence-corrected chi connectivity index (χ0v) is 14.3. The second-order valence-electron chi connectivity index (χ2n) is 5.04. The fraction of sp³-hybridized carbons (Fsp3) is 0.214. The number of aromatic carboxylic acids is 1. The summed E-state index contributed by atoms with van der Waals surface area (Å²) >= 11 is 0.869. The SMILES string of the molecule is O=C(O)c1ncsc1NS(=O)(=O)c1cccc(N2CCOCC2=O)c1. The average Bonchev–Trinajstić information content (AvgIpc) is 3.03. The summed E-state index contributed by atoms with van der Waals surface area (Å²) in [5, 5.41) is 8.94. The smallest absolute Gasteiger partial charge is 0.357 e. The molecule has 1 amide bonds. The van der Waals surface area contributed by atoms with Gasteiger partial charge in [0.2, 0.25) is 0 Å². The lowest BCUT2D eigenvalue weighted by Gasteiger charge is -2.27. The maximum Gasteiger partial charge on any atom is 0.357 e. The number of carboxylic acid groups (broad SMARTS) is 1. The van der Waals surface area contributed by atoms with Gasteiger partial charge in [-0.2, -0.15) is 0 Å². The first kappa shape index (κ1) is 17.3. The maximum atomic E-state index is 12.5. The van der Waals surface area contributed by atoms with Crippen LogP contribution >= 0.6 is 11.3 Å². The Balaban J connectivity index is 1.90. The van der Waals surface area contributed by atoms with Crippen LogP contribution in [0.2, 0.25) is 0 Å². The quantitative estimate of drug-likeness (QED) is 0.789. The molecule has 1 aliphatic heterocycles. The van der Waals surface area contributed by atoms with Crippen molar-refractivity contribution < 1.29 is 27.9 Å². The number of thiazole rings is 1. The van der Waals surface area contributed by atoms with E-state index in [9.17, 15) is 18.0 Å². The molecule has 2 N–H and O–H groups in total. The summed E-state index contributed by atoms with van der Waals surface area (Å²) in [5.41, 5.74) is 1.30. The number of sulfonamides is 1. The predicted molar refractivity (Wildman–Crippen MR) is 89.5 cm³/mol. The first-order valence-corrected chi connectivity index (χ1v) is 9.42. The third-order valence-corrected chi connectivity index (χ3v) is 5.64. The number of benzene rings is 1. The van der Waals surface area contributed by atoms with Crippen LogP contribution in [0.3, 0.4) is 0 Å². The molecule has 3 rings (SSSR count). The van der Waals surface area contributed by atoms with Crippen LogP contribution in [-0.2, 0) is 19.6 Å². The van der Waals surface area contributed by atoms with Gasteiger partial charge in [0, 0.05) is 12.2 Å². The molecular weight excluding hydrogens is 370 g/mol. The van der Waals surface area contributed by atoms with Crippen molar-refractivity contribution in [3.8, 4) is 0 Å². The molecule has 0 atom stereocenters. The highest BCUT2D eigenvalue weighted by Crippen LogP contribution is 2.26. The molecule has 0 spiro atoms. The van der Waals surface area contributed by atoms with Gasteiger partial charge < -0.3 is 14.7 Å². The monoisotopic (exact) mass is 383 g/mol. The van der Waals surface area contributed by atoms with Gasteiger partial charge in [-0.15, -0.1) is 11.3 Å². The number of carbonyl (C=O) groups excluding carboxylic acids is 1. The fourth-order valence-corrected chi connectivity index (χ4v) is 4.29. The van der Waals surface area contributed by atoms with E-state index in [-0.39, 0.29) is 28.1 Å². The van der Waals surface area contributed by atoms with Crippen LogP contribution in [0, 0.1) is 0 Å². The van der Waals surface area contributed by atoms with Gasteiger partial charge in [-0.1, -0.05) is 6.07 Å². The van der Waals surface area contributed by atoms with Crippen LogP contribution in [-0.4, -0.2) is 50.1 Å². The minimum absolute atomic E-state index is 0.0575. The molecule has 11 heteroatoms. The predicted octanol–water partition coefficient (Wildman–Crippen LogP) is 1.01. The van der Waals surface area contributed by atoms with E-state index >= 15 is 0 Å².